The number of hydrogen-bond acceptors (Lipinski definition) is 3. The van der Waals surface area contributed by atoms with Crippen LogP contribution in [-0.4, -0.2) is 28.8 Å². The Labute approximate surface area is 101 Å². The minimum Gasteiger partial charge on any atom is -0.481 e. The van der Waals surface area contributed by atoms with Gasteiger partial charge in [0.2, 0.25) is 0 Å². The van der Waals surface area contributed by atoms with Crippen molar-refractivity contribution in [3.63, 3.8) is 0 Å². The summed E-state index contributed by atoms with van der Waals surface area (Å²) in [6, 6.07) is 7.49. The third-order valence-corrected chi connectivity index (χ3v) is 2.70. The van der Waals surface area contributed by atoms with Crippen molar-refractivity contribution in [1.82, 2.24) is 5.32 Å². The number of aryl methyl sites for hydroxylation is 1. The maximum absolute atomic E-state index is 10.4. The lowest BCUT2D eigenvalue weighted by Gasteiger charge is -2.20. The minimum atomic E-state index is -0.838. The molecule has 2 unspecified atom stereocenters. The van der Waals surface area contributed by atoms with Gasteiger partial charge in [-0.25, -0.2) is 0 Å². The van der Waals surface area contributed by atoms with Gasteiger partial charge in [0, 0.05) is 12.6 Å². The molecule has 94 valence electrons. The number of aliphatic hydroxyl groups excluding tert-OH is 1. The van der Waals surface area contributed by atoms with E-state index in [2.05, 4.69) is 5.32 Å². The number of hydrogen-bond donors (Lipinski definition) is 3. The van der Waals surface area contributed by atoms with E-state index in [1.807, 2.05) is 38.1 Å². The number of carbonyl (C=O) groups is 1. The van der Waals surface area contributed by atoms with Crippen LogP contribution in [0.4, 0.5) is 0 Å². The van der Waals surface area contributed by atoms with E-state index in [-0.39, 0.29) is 12.5 Å². The van der Waals surface area contributed by atoms with Crippen LogP contribution in [0.5, 0.6) is 0 Å². The molecular formula is C13H19NO3. The molecule has 3 N–H and O–H groups in total. The van der Waals surface area contributed by atoms with Crippen molar-refractivity contribution < 1.29 is 15.0 Å². The summed E-state index contributed by atoms with van der Waals surface area (Å²) < 4.78 is 0. The van der Waals surface area contributed by atoms with Crippen LogP contribution in [0.3, 0.4) is 0 Å². The van der Waals surface area contributed by atoms with E-state index in [0.717, 1.165) is 11.1 Å². The van der Waals surface area contributed by atoms with Crippen LogP contribution >= 0.6 is 0 Å². The Balaban J connectivity index is 2.48. The van der Waals surface area contributed by atoms with Crippen LogP contribution in [-0.2, 0) is 4.79 Å². The normalized spacial score (nSPS) is 14.3. The van der Waals surface area contributed by atoms with Crippen molar-refractivity contribution in [1.29, 1.82) is 0 Å². The summed E-state index contributed by atoms with van der Waals surface area (Å²) in [7, 11) is 0. The SMILES string of the molecule is Cc1ccc(C(O)C(C)NCCC(=O)O)cc1. The number of aliphatic carboxylic acids is 1. The highest BCUT2D eigenvalue weighted by molar-refractivity contribution is 5.66. The summed E-state index contributed by atoms with van der Waals surface area (Å²) in [5.41, 5.74) is 1.98. The third kappa shape index (κ3) is 4.54. The second-order valence-corrected chi connectivity index (χ2v) is 4.24. The lowest BCUT2D eigenvalue weighted by molar-refractivity contribution is -0.136. The van der Waals surface area contributed by atoms with E-state index >= 15 is 0 Å². The molecule has 1 rings (SSSR count). The Morgan fingerprint density at radius 2 is 1.94 bits per heavy atom. The Kier molecular flexibility index (Phi) is 5.12. The molecule has 0 aliphatic heterocycles. The fourth-order valence-corrected chi connectivity index (χ4v) is 1.57. The predicted octanol–water partition coefficient (Wildman–Crippen LogP) is 1.48. The van der Waals surface area contributed by atoms with Crippen molar-refractivity contribution >= 4 is 5.97 Å². The molecule has 1 aromatic carbocycles. The minimum absolute atomic E-state index is 0.0605. The summed E-state index contributed by atoms with van der Waals surface area (Å²) in [6.45, 7) is 4.19. The Hall–Kier alpha value is -1.39. The second-order valence-electron chi connectivity index (χ2n) is 4.24. The molecule has 0 spiro atoms. The topological polar surface area (TPSA) is 69.6 Å². The van der Waals surface area contributed by atoms with Gasteiger partial charge < -0.3 is 15.5 Å². The van der Waals surface area contributed by atoms with Crippen molar-refractivity contribution in [2.45, 2.75) is 32.4 Å². The van der Waals surface area contributed by atoms with Crippen molar-refractivity contribution in [3.05, 3.63) is 35.4 Å². The van der Waals surface area contributed by atoms with Gasteiger partial charge in [-0.3, -0.25) is 4.79 Å². The summed E-state index contributed by atoms with van der Waals surface area (Å²) in [5.74, 6) is -0.838. The zero-order valence-electron chi connectivity index (χ0n) is 10.2. The van der Waals surface area contributed by atoms with Gasteiger partial charge in [-0.15, -0.1) is 0 Å². The summed E-state index contributed by atoms with van der Waals surface area (Å²) >= 11 is 0. The maximum atomic E-state index is 10.4. The van der Waals surface area contributed by atoms with E-state index in [9.17, 15) is 9.90 Å². The van der Waals surface area contributed by atoms with Gasteiger partial charge in [0.25, 0.3) is 0 Å². The molecule has 1 aromatic rings. The van der Waals surface area contributed by atoms with E-state index in [1.54, 1.807) is 0 Å². The molecule has 2 atom stereocenters. The van der Waals surface area contributed by atoms with Crippen molar-refractivity contribution in [2.75, 3.05) is 6.54 Å². The first-order valence-electron chi connectivity index (χ1n) is 5.70. The van der Waals surface area contributed by atoms with Gasteiger partial charge in [0.05, 0.1) is 12.5 Å². The largest absolute Gasteiger partial charge is 0.481 e. The molecular weight excluding hydrogens is 218 g/mol. The molecule has 0 heterocycles. The predicted molar refractivity (Wildman–Crippen MR) is 65.9 cm³/mol. The number of nitrogens with one attached hydrogen (secondary N) is 1. The van der Waals surface area contributed by atoms with E-state index in [4.69, 9.17) is 5.11 Å². The van der Waals surface area contributed by atoms with Crippen LogP contribution in [0.15, 0.2) is 24.3 Å². The number of carboxylic acid groups (broad SMARTS) is 1. The molecule has 4 heteroatoms. The van der Waals surface area contributed by atoms with E-state index < -0.39 is 12.1 Å². The third-order valence-electron chi connectivity index (χ3n) is 2.70. The lowest BCUT2D eigenvalue weighted by atomic mass is 10.0. The summed E-state index contributed by atoms with van der Waals surface area (Å²) in [6.07, 6.45) is -0.560. The number of carboxylic acids is 1. The fraction of sp³-hybridized carbons (Fsp3) is 0.462. The molecule has 0 fully saturated rings. The van der Waals surface area contributed by atoms with Crippen LogP contribution < -0.4 is 5.32 Å². The zero-order chi connectivity index (χ0) is 12.8. The standard InChI is InChI=1S/C13H19NO3/c1-9-3-5-11(6-4-9)13(17)10(2)14-8-7-12(15)16/h3-6,10,13-14,17H,7-8H2,1-2H3,(H,15,16). The van der Waals surface area contributed by atoms with Gasteiger partial charge in [-0.05, 0) is 19.4 Å². The number of rotatable bonds is 6. The highest BCUT2D eigenvalue weighted by Gasteiger charge is 2.15. The van der Waals surface area contributed by atoms with E-state index in [0.29, 0.717) is 6.54 Å². The van der Waals surface area contributed by atoms with Crippen LogP contribution in [0, 0.1) is 6.92 Å². The fourth-order valence-electron chi connectivity index (χ4n) is 1.57. The molecule has 17 heavy (non-hydrogen) atoms. The highest BCUT2D eigenvalue weighted by atomic mass is 16.4. The summed E-state index contributed by atoms with van der Waals surface area (Å²) in [5, 5.41) is 21.5. The number of aliphatic hydroxyl groups is 1. The van der Waals surface area contributed by atoms with Gasteiger partial charge in [0.15, 0.2) is 0 Å². The molecule has 0 aromatic heterocycles. The molecule has 0 aliphatic carbocycles. The highest BCUT2D eigenvalue weighted by Crippen LogP contribution is 2.17. The van der Waals surface area contributed by atoms with Gasteiger partial charge >= 0.3 is 5.97 Å². The van der Waals surface area contributed by atoms with Gasteiger partial charge in [-0.1, -0.05) is 29.8 Å². The lowest BCUT2D eigenvalue weighted by Crippen LogP contribution is -2.33. The Morgan fingerprint density at radius 1 is 1.35 bits per heavy atom. The van der Waals surface area contributed by atoms with E-state index in [1.165, 1.54) is 0 Å². The zero-order valence-corrected chi connectivity index (χ0v) is 10.2. The Bertz CT molecular complexity index is 361. The molecule has 0 saturated carbocycles. The molecule has 0 amide bonds. The maximum Gasteiger partial charge on any atom is 0.304 e. The first-order chi connectivity index (χ1) is 8.00. The van der Waals surface area contributed by atoms with Crippen molar-refractivity contribution in [3.8, 4) is 0 Å². The van der Waals surface area contributed by atoms with Crippen LogP contribution in [0.2, 0.25) is 0 Å². The molecule has 0 saturated heterocycles. The average molecular weight is 237 g/mol. The molecule has 0 aliphatic rings. The smallest absolute Gasteiger partial charge is 0.304 e. The van der Waals surface area contributed by atoms with Gasteiger partial charge in [-0.2, -0.15) is 0 Å². The quantitative estimate of drug-likeness (QED) is 0.701. The molecule has 0 bridgehead atoms. The van der Waals surface area contributed by atoms with Crippen molar-refractivity contribution in [2.24, 2.45) is 0 Å². The monoisotopic (exact) mass is 237 g/mol. The Morgan fingerprint density at radius 3 is 2.47 bits per heavy atom. The molecule has 4 nitrogen and oxygen atoms in total. The van der Waals surface area contributed by atoms with Crippen LogP contribution in [0.1, 0.15) is 30.6 Å². The number of benzene rings is 1. The van der Waals surface area contributed by atoms with Gasteiger partial charge in [0.1, 0.15) is 0 Å². The molecule has 0 radical (unpaired) electrons. The van der Waals surface area contributed by atoms with Crippen LogP contribution in [0.25, 0.3) is 0 Å². The summed E-state index contributed by atoms with van der Waals surface area (Å²) in [4.78, 5) is 10.4. The first-order valence-corrected chi connectivity index (χ1v) is 5.70. The second kappa shape index (κ2) is 6.37. The first kappa shape index (κ1) is 13.7. The average Bonchev–Trinajstić information content (AvgIpc) is 2.28.